The Bertz CT molecular complexity index is 1020. The molecular weight excluding hydrogens is 429 g/mol. The lowest BCUT2D eigenvalue weighted by atomic mass is 9.90. The van der Waals surface area contributed by atoms with Crippen molar-refractivity contribution >= 4 is 40.5 Å². The number of hydrogen-bond acceptors (Lipinski definition) is 4. The Kier molecular flexibility index (Phi) is 5.71. The number of hydrogen-bond donors (Lipinski definition) is 1. The van der Waals surface area contributed by atoms with E-state index in [0.29, 0.717) is 29.6 Å². The number of piperazine rings is 1. The van der Waals surface area contributed by atoms with Crippen LogP contribution in [0.4, 0.5) is 10.1 Å². The quantitative estimate of drug-likeness (QED) is 0.722. The molecule has 1 atom stereocenters. The van der Waals surface area contributed by atoms with Crippen LogP contribution in [-0.2, 0) is 11.2 Å². The molecule has 2 heterocycles. The van der Waals surface area contributed by atoms with Gasteiger partial charge in [-0.25, -0.2) is 4.39 Å². The molecule has 0 saturated carbocycles. The van der Waals surface area contributed by atoms with Gasteiger partial charge in [0, 0.05) is 18.1 Å². The number of nitrogens with one attached hydrogen (secondary N) is 1. The predicted molar refractivity (Wildman–Crippen MR) is 117 cm³/mol. The molecule has 1 amide bonds. The number of carbonyl (C=O) groups is 1. The SMILES string of the molecule is COc1cc2c(cc1OC)C1CN(C(=S)Nc3cc(Cl)ccc3F)CC(=O)N1CC2. The van der Waals surface area contributed by atoms with Crippen LogP contribution in [0.2, 0.25) is 5.02 Å². The van der Waals surface area contributed by atoms with Crippen LogP contribution >= 0.6 is 23.8 Å². The molecule has 158 valence electrons. The molecule has 9 heteroatoms. The van der Waals surface area contributed by atoms with E-state index in [2.05, 4.69) is 5.32 Å². The van der Waals surface area contributed by atoms with E-state index in [1.165, 1.54) is 18.2 Å². The molecule has 6 nitrogen and oxygen atoms in total. The van der Waals surface area contributed by atoms with Gasteiger partial charge in [0.05, 0.1) is 32.5 Å². The van der Waals surface area contributed by atoms with E-state index in [9.17, 15) is 9.18 Å². The first kappa shape index (κ1) is 20.7. The molecule has 2 aliphatic rings. The van der Waals surface area contributed by atoms with Crippen molar-refractivity contribution < 1.29 is 18.7 Å². The Labute approximate surface area is 184 Å². The number of carbonyl (C=O) groups excluding carboxylic acids is 1. The van der Waals surface area contributed by atoms with E-state index >= 15 is 0 Å². The van der Waals surface area contributed by atoms with Crippen LogP contribution in [0.1, 0.15) is 17.2 Å². The lowest BCUT2D eigenvalue weighted by molar-refractivity contribution is -0.138. The highest BCUT2D eigenvalue weighted by atomic mass is 35.5. The second-order valence-electron chi connectivity index (χ2n) is 7.19. The molecule has 1 unspecified atom stereocenters. The third-order valence-electron chi connectivity index (χ3n) is 5.50. The zero-order valence-corrected chi connectivity index (χ0v) is 18.1. The molecular formula is C21H21ClFN3O3S. The molecule has 1 fully saturated rings. The topological polar surface area (TPSA) is 54.0 Å². The molecule has 2 aromatic rings. The fourth-order valence-corrected chi connectivity index (χ4v) is 4.41. The largest absolute Gasteiger partial charge is 0.493 e. The van der Waals surface area contributed by atoms with Gasteiger partial charge in [-0.05, 0) is 60.1 Å². The van der Waals surface area contributed by atoms with Crippen molar-refractivity contribution in [1.29, 1.82) is 0 Å². The molecule has 0 radical (unpaired) electrons. The number of nitrogens with zero attached hydrogens (tertiary/aromatic N) is 2. The number of halogens is 2. The Morgan fingerprint density at radius 1 is 1.23 bits per heavy atom. The number of ether oxygens (including phenoxy) is 2. The number of rotatable bonds is 3. The number of amides is 1. The van der Waals surface area contributed by atoms with Crippen molar-refractivity contribution in [3.8, 4) is 11.5 Å². The molecule has 0 spiro atoms. The predicted octanol–water partition coefficient (Wildman–Crippen LogP) is 3.63. The van der Waals surface area contributed by atoms with Gasteiger partial charge in [0.2, 0.25) is 5.91 Å². The van der Waals surface area contributed by atoms with E-state index < -0.39 is 5.82 Å². The lowest BCUT2D eigenvalue weighted by Gasteiger charge is -2.45. The summed E-state index contributed by atoms with van der Waals surface area (Å²) >= 11 is 11.4. The maximum Gasteiger partial charge on any atom is 0.242 e. The van der Waals surface area contributed by atoms with Crippen LogP contribution in [0.25, 0.3) is 0 Å². The van der Waals surface area contributed by atoms with Gasteiger partial charge in [-0.1, -0.05) is 11.6 Å². The Morgan fingerprint density at radius 3 is 2.70 bits per heavy atom. The van der Waals surface area contributed by atoms with E-state index in [-0.39, 0.29) is 29.3 Å². The molecule has 4 rings (SSSR count). The highest BCUT2D eigenvalue weighted by Gasteiger charge is 2.38. The van der Waals surface area contributed by atoms with Crippen molar-refractivity contribution in [2.45, 2.75) is 12.5 Å². The highest BCUT2D eigenvalue weighted by Crippen LogP contribution is 2.39. The smallest absolute Gasteiger partial charge is 0.242 e. The average Bonchev–Trinajstić information content (AvgIpc) is 2.74. The van der Waals surface area contributed by atoms with E-state index in [1.54, 1.807) is 19.1 Å². The molecule has 0 aromatic heterocycles. The maximum absolute atomic E-state index is 14.1. The summed E-state index contributed by atoms with van der Waals surface area (Å²) in [6.45, 7) is 1.25. The molecule has 1 N–H and O–H groups in total. The molecule has 2 aliphatic heterocycles. The summed E-state index contributed by atoms with van der Waals surface area (Å²) in [5, 5.41) is 3.55. The normalized spacial score (nSPS) is 17.9. The fraction of sp³-hybridized carbons (Fsp3) is 0.333. The zero-order chi connectivity index (χ0) is 21.4. The molecule has 1 saturated heterocycles. The van der Waals surface area contributed by atoms with Gasteiger partial charge in [-0.3, -0.25) is 4.79 Å². The van der Waals surface area contributed by atoms with Crippen molar-refractivity contribution in [1.82, 2.24) is 9.80 Å². The van der Waals surface area contributed by atoms with Gasteiger partial charge in [0.1, 0.15) is 5.82 Å². The Hall–Kier alpha value is -2.58. The molecule has 30 heavy (non-hydrogen) atoms. The van der Waals surface area contributed by atoms with Gasteiger partial charge in [-0.2, -0.15) is 0 Å². The number of anilines is 1. The van der Waals surface area contributed by atoms with Crippen LogP contribution in [0.5, 0.6) is 11.5 Å². The van der Waals surface area contributed by atoms with Crippen LogP contribution in [-0.4, -0.2) is 54.7 Å². The second kappa shape index (κ2) is 8.28. The van der Waals surface area contributed by atoms with Crippen molar-refractivity contribution in [3.63, 3.8) is 0 Å². The maximum atomic E-state index is 14.1. The highest BCUT2D eigenvalue weighted by molar-refractivity contribution is 7.80. The minimum atomic E-state index is -0.466. The summed E-state index contributed by atoms with van der Waals surface area (Å²) in [4.78, 5) is 16.5. The molecule has 0 aliphatic carbocycles. The third-order valence-corrected chi connectivity index (χ3v) is 6.10. The first-order valence-corrected chi connectivity index (χ1v) is 10.2. The van der Waals surface area contributed by atoms with Crippen molar-refractivity contribution in [2.24, 2.45) is 0 Å². The summed E-state index contributed by atoms with van der Waals surface area (Å²) in [6, 6.07) is 7.91. The van der Waals surface area contributed by atoms with E-state index in [0.717, 1.165) is 17.5 Å². The monoisotopic (exact) mass is 449 g/mol. The minimum Gasteiger partial charge on any atom is -0.493 e. The summed E-state index contributed by atoms with van der Waals surface area (Å²) in [5.74, 6) is 0.788. The van der Waals surface area contributed by atoms with Gasteiger partial charge in [-0.15, -0.1) is 0 Å². The van der Waals surface area contributed by atoms with Crippen molar-refractivity contribution in [2.75, 3.05) is 39.2 Å². The number of benzene rings is 2. The summed E-state index contributed by atoms with van der Waals surface area (Å²) in [5.41, 5.74) is 2.30. The summed E-state index contributed by atoms with van der Waals surface area (Å²) in [6.07, 6.45) is 0.744. The fourth-order valence-electron chi connectivity index (χ4n) is 3.99. The van der Waals surface area contributed by atoms with Crippen LogP contribution in [0.15, 0.2) is 30.3 Å². The standard InChI is InChI=1S/C21H21ClFN3O3S/c1-28-18-7-12-5-6-26-17(14(12)9-19(18)29-2)10-25(11-20(26)27)21(30)24-16-8-13(22)3-4-15(16)23/h3-4,7-9,17H,5-6,10-11H2,1-2H3,(H,24,30). The van der Waals surface area contributed by atoms with Gasteiger partial charge < -0.3 is 24.6 Å². The molecule has 2 aromatic carbocycles. The third kappa shape index (κ3) is 3.77. The second-order valence-corrected chi connectivity index (χ2v) is 8.02. The van der Waals surface area contributed by atoms with Gasteiger partial charge >= 0.3 is 0 Å². The van der Waals surface area contributed by atoms with Crippen LogP contribution in [0, 0.1) is 5.82 Å². The lowest BCUT2D eigenvalue weighted by Crippen LogP contribution is -2.56. The summed E-state index contributed by atoms with van der Waals surface area (Å²) in [7, 11) is 3.19. The summed E-state index contributed by atoms with van der Waals surface area (Å²) < 4.78 is 25.0. The Morgan fingerprint density at radius 2 is 1.97 bits per heavy atom. The number of fused-ring (bicyclic) bond motifs is 3. The zero-order valence-electron chi connectivity index (χ0n) is 16.6. The van der Waals surface area contributed by atoms with Crippen LogP contribution < -0.4 is 14.8 Å². The van der Waals surface area contributed by atoms with Crippen molar-refractivity contribution in [3.05, 3.63) is 52.3 Å². The van der Waals surface area contributed by atoms with Crippen LogP contribution in [0.3, 0.4) is 0 Å². The average molecular weight is 450 g/mol. The Balaban J connectivity index is 1.61. The first-order valence-electron chi connectivity index (χ1n) is 9.46. The molecule has 0 bridgehead atoms. The number of thiocarbonyl (C=S) groups is 1. The number of methoxy groups -OCH3 is 2. The minimum absolute atomic E-state index is 0.0256. The van der Waals surface area contributed by atoms with Gasteiger partial charge in [0.15, 0.2) is 16.6 Å². The van der Waals surface area contributed by atoms with Gasteiger partial charge in [0.25, 0.3) is 0 Å². The van der Waals surface area contributed by atoms with E-state index in [1.807, 2.05) is 17.0 Å². The van der Waals surface area contributed by atoms with E-state index in [4.69, 9.17) is 33.3 Å². The first-order chi connectivity index (χ1) is 14.4.